The number of nitrogens with one attached hydrogen (secondary N) is 1. The highest BCUT2D eigenvalue weighted by molar-refractivity contribution is 7.91. The van der Waals surface area contributed by atoms with Crippen molar-refractivity contribution < 1.29 is 30.4 Å². The second kappa shape index (κ2) is 9.77. The zero-order valence-corrected chi connectivity index (χ0v) is 19.4. The number of aromatic nitrogens is 2. The topological polar surface area (TPSA) is 140 Å². The predicted octanol–water partition coefficient (Wildman–Crippen LogP) is 2.32. The van der Waals surface area contributed by atoms with Crippen LogP contribution in [0.1, 0.15) is 12.8 Å². The fourth-order valence-electron chi connectivity index (χ4n) is 2.73. The van der Waals surface area contributed by atoms with E-state index in [0.29, 0.717) is 5.56 Å². The van der Waals surface area contributed by atoms with Gasteiger partial charge in [0.05, 0.1) is 15.5 Å². The summed E-state index contributed by atoms with van der Waals surface area (Å²) < 4.78 is 68.1. The molecule has 0 atom stereocenters. The van der Waals surface area contributed by atoms with Gasteiger partial charge in [-0.1, -0.05) is 5.10 Å². The fourth-order valence-corrected chi connectivity index (χ4v) is 4.95. The van der Waals surface area contributed by atoms with Crippen LogP contribution in [-0.4, -0.2) is 57.1 Å². The molecular weight excluding hydrogens is 475 g/mol. The van der Waals surface area contributed by atoms with Crippen LogP contribution in [0.2, 0.25) is 0 Å². The van der Waals surface area contributed by atoms with Crippen molar-refractivity contribution in [2.75, 3.05) is 25.2 Å². The van der Waals surface area contributed by atoms with Crippen LogP contribution in [0, 0.1) is 5.82 Å². The maximum atomic E-state index is 13.0. The van der Waals surface area contributed by atoms with Gasteiger partial charge in [0.2, 0.25) is 21.8 Å². The van der Waals surface area contributed by atoms with E-state index in [9.17, 15) is 26.0 Å². The van der Waals surface area contributed by atoms with Crippen molar-refractivity contribution in [2.45, 2.75) is 22.6 Å². The minimum Gasteiger partial charge on any atom is -0.403 e. The lowest BCUT2D eigenvalue weighted by Crippen LogP contribution is -2.22. The molecular formula is C20H21FN4O6S2. The van der Waals surface area contributed by atoms with Gasteiger partial charge in [-0.2, -0.15) is 0 Å². The number of amides is 1. The van der Waals surface area contributed by atoms with Crippen LogP contribution in [0.5, 0.6) is 0 Å². The second-order valence-corrected chi connectivity index (χ2v) is 11.4. The maximum Gasteiger partial charge on any atom is 0.322 e. The van der Waals surface area contributed by atoms with Gasteiger partial charge in [-0.15, -0.1) is 5.10 Å². The Hall–Kier alpha value is -3.16. The molecule has 0 aliphatic heterocycles. The standard InChI is InChI=1S/C20H21FN4O6S2/c1-25(2)33(29,30)17-9-5-14(6-10-17)19-23-24-20(31-19)22-18(26)4-3-13-32(27,28)16-11-7-15(21)8-12-16/h5-12H,3-4,13H2,1-2H3,(H,22,24,26). The number of sulfone groups is 1. The van der Waals surface area contributed by atoms with E-state index in [1.165, 1.54) is 50.5 Å². The molecule has 0 unspecified atom stereocenters. The summed E-state index contributed by atoms with van der Waals surface area (Å²) >= 11 is 0. The molecule has 0 saturated heterocycles. The van der Waals surface area contributed by atoms with Crippen molar-refractivity contribution in [3.8, 4) is 11.5 Å². The Bertz CT molecular complexity index is 1340. The number of hydrogen-bond donors (Lipinski definition) is 1. The highest BCUT2D eigenvalue weighted by atomic mass is 32.2. The van der Waals surface area contributed by atoms with Gasteiger partial charge in [-0.25, -0.2) is 25.5 Å². The van der Waals surface area contributed by atoms with Gasteiger partial charge in [-0.05, 0) is 55.0 Å². The summed E-state index contributed by atoms with van der Waals surface area (Å²) in [6, 6.07) is 10.1. The van der Waals surface area contributed by atoms with Gasteiger partial charge in [0, 0.05) is 26.1 Å². The summed E-state index contributed by atoms with van der Waals surface area (Å²) in [6.07, 6.45) is -0.0798. The van der Waals surface area contributed by atoms with E-state index >= 15 is 0 Å². The highest BCUT2D eigenvalue weighted by Gasteiger charge is 2.19. The molecule has 0 bridgehead atoms. The van der Waals surface area contributed by atoms with Crippen molar-refractivity contribution in [2.24, 2.45) is 0 Å². The molecule has 0 spiro atoms. The molecule has 176 valence electrons. The summed E-state index contributed by atoms with van der Waals surface area (Å²) in [5.41, 5.74) is 0.450. The van der Waals surface area contributed by atoms with Gasteiger partial charge in [0.1, 0.15) is 5.82 Å². The number of sulfonamides is 1. The normalized spacial score (nSPS) is 12.1. The number of rotatable bonds is 9. The maximum absolute atomic E-state index is 13.0. The number of carbonyl (C=O) groups excluding carboxylic acids is 1. The lowest BCUT2D eigenvalue weighted by Gasteiger charge is -2.11. The number of benzene rings is 2. The highest BCUT2D eigenvalue weighted by Crippen LogP contribution is 2.23. The van der Waals surface area contributed by atoms with E-state index in [0.717, 1.165) is 16.4 Å². The van der Waals surface area contributed by atoms with E-state index in [4.69, 9.17) is 4.42 Å². The van der Waals surface area contributed by atoms with Crippen molar-refractivity contribution in [1.82, 2.24) is 14.5 Å². The lowest BCUT2D eigenvalue weighted by molar-refractivity contribution is -0.116. The number of hydrogen-bond acceptors (Lipinski definition) is 8. The Morgan fingerprint density at radius 3 is 2.18 bits per heavy atom. The Balaban J connectivity index is 1.56. The summed E-state index contributed by atoms with van der Waals surface area (Å²) in [5.74, 6) is -1.28. The van der Waals surface area contributed by atoms with E-state index in [-0.39, 0.29) is 40.3 Å². The van der Waals surface area contributed by atoms with E-state index in [1.807, 2.05) is 0 Å². The average Bonchev–Trinajstić information content (AvgIpc) is 3.22. The summed E-state index contributed by atoms with van der Waals surface area (Å²) in [5, 5.41) is 9.92. The van der Waals surface area contributed by atoms with Crippen LogP contribution in [0.25, 0.3) is 11.5 Å². The number of carbonyl (C=O) groups is 1. The Morgan fingerprint density at radius 1 is 0.970 bits per heavy atom. The van der Waals surface area contributed by atoms with Crippen LogP contribution in [-0.2, 0) is 24.7 Å². The minimum absolute atomic E-state index is 0.0183. The predicted molar refractivity (Wildman–Crippen MR) is 117 cm³/mol. The number of nitrogens with zero attached hydrogens (tertiary/aromatic N) is 3. The van der Waals surface area contributed by atoms with E-state index in [1.54, 1.807) is 0 Å². The molecule has 3 aromatic rings. The molecule has 33 heavy (non-hydrogen) atoms. The van der Waals surface area contributed by atoms with Crippen molar-refractivity contribution in [3.05, 3.63) is 54.3 Å². The molecule has 0 saturated carbocycles. The molecule has 3 rings (SSSR count). The minimum atomic E-state index is -3.64. The summed E-state index contributed by atoms with van der Waals surface area (Å²) in [7, 11) is -4.37. The van der Waals surface area contributed by atoms with E-state index < -0.39 is 31.6 Å². The molecule has 0 aliphatic rings. The van der Waals surface area contributed by atoms with E-state index in [2.05, 4.69) is 15.5 Å². The first-order valence-corrected chi connectivity index (χ1v) is 12.7. The van der Waals surface area contributed by atoms with Crippen LogP contribution in [0.4, 0.5) is 10.4 Å². The molecule has 10 nitrogen and oxygen atoms in total. The van der Waals surface area contributed by atoms with Crippen LogP contribution < -0.4 is 5.32 Å². The van der Waals surface area contributed by atoms with Gasteiger partial charge in [-0.3, -0.25) is 10.1 Å². The van der Waals surface area contributed by atoms with Gasteiger partial charge >= 0.3 is 6.01 Å². The van der Waals surface area contributed by atoms with Crippen molar-refractivity contribution >= 4 is 31.8 Å². The molecule has 0 fully saturated rings. The zero-order chi connectivity index (χ0) is 24.2. The number of anilines is 1. The Labute approximate surface area is 190 Å². The molecule has 1 N–H and O–H groups in total. The van der Waals surface area contributed by atoms with Crippen LogP contribution in [0.15, 0.2) is 62.7 Å². The monoisotopic (exact) mass is 496 g/mol. The quantitative estimate of drug-likeness (QED) is 0.445. The molecule has 13 heteroatoms. The number of halogens is 1. The first-order valence-electron chi connectivity index (χ1n) is 9.64. The Morgan fingerprint density at radius 2 is 1.58 bits per heavy atom. The molecule has 0 aliphatic carbocycles. The molecule has 1 aromatic heterocycles. The fraction of sp³-hybridized carbons (Fsp3) is 0.250. The third-order valence-corrected chi connectivity index (χ3v) is 8.19. The second-order valence-electron chi connectivity index (χ2n) is 7.15. The Kier molecular flexibility index (Phi) is 7.25. The molecule has 2 aromatic carbocycles. The SMILES string of the molecule is CN(C)S(=O)(=O)c1ccc(-c2nnc(NC(=O)CCCS(=O)(=O)c3ccc(F)cc3)o2)cc1. The largest absolute Gasteiger partial charge is 0.403 e. The van der Waals surface area contributed by atoms with Gasteiger partial charge in [0.15, 0.2) is 9.84 Å². The van der Waals surface area contributed by atoms with Crippen molar-refractivity contribution in [1.29, 1.82) is 0 Å². The lowest BCUT2D eigenvalue weighted by atomic mass is 10.2. The average molecular weight is 497 g/mol. The molecule has 0 radical (unpaired) electrons. The van der Waals surface area contributed by atoms with Crippen LogP contribution in [0.3, 0.4) is 0 Å². The summed E-state index contributed by atoms with van der Waals surface area (Å²) in [6.45, 7) is 0. The van der Waals surface area contributed by atoms with Crippen LogP contribution >= 0.6 is 0 Å². The third kappa shape index (κ3) is 6.00. The first kappa shape index (κ1) is 24.5. The zero-order valence-electron chi connectivity index (χ0n) is 17.7. The van der Waals surface area contributed by atoms with Gasteiger partial charge < -0.3 is 4.42 Å². The van der Waals surface area contributed by atoms with Crippen molar-refractivity contribution in [3.63, 3.8) is 0 Å². The first-order chi connectivity index (χ1) is 15.5. The molecule has 1 heterocycles. The smallest absolute Gasteiger partial charge is 0.322 e. The van der Waals surface area contributed by atoms with Gasteiger partial charge in [0.25, 0.3) is 0 Å². The molecule has 1 amide bonds. The summed E-state index contributed by atoms with van der Waals surface area (Å²) in [4.78, 5) is 12.2. The third-order valence-electron chi connectivity index (χ3n) is 4.54.